The van der Waals surface area contributed by atoms with E-state index in [9.17, 15) is 14.4 Å². The first-order valence-corrected chi connectivity index (χ1v) is 6.92. The second kappa shape index (κ2) is 7.06. The maximum atomic E-state index is 11.9. The van der Waals surface area contributed by atoms with Crippen molar-refractivity contribution in [3.63, 3.8) is 0 Å². The number of carbonyl (C=O) groups excluding carboxylic acids is 3. The topological polar surface area (TPSA) is 84.5 Å². The van der Waals surface area contributed by atoms with E-state index >= 15 is 0 Å². The molecule has 0 aliphatic carbocycles. The highest BCUT2D eigenvalue weighted by molar-refractivity contribution is 5.97. The van der Waals surface area contributed by atoms with Gasteiger partial charge in [0.1, 0.15) is 0 Å². The Balaban J connectivity index is 2.72. The van der Waals surface area contributed by atoms with Gasteiger partial charge in [-0.15, -0.1) is 0 Å². The number of hydrogen-bond acceptors (Lipinski definition) is 4. The molecule has 120 valence electrons. The molecule has 1 rings (SSSR count). The number of nitrogens with one attached hydrogen (secondary N) is 2. The lowest BCUT2D eigenvalue weighted by Gasteiger charge is -2.17. The van der Waals surface area contributed by atoms with E-state index in [1.807, 2.05) is 6.92 Å². The highest BCUT2D eigenvalue weighted by Gasteiger charge is 2.21. The molecule has 22 heavy (non-hydrogen) atoms. The van der Waals surface area contributed by atoms with Crippen molar-refractivity contribution in [1.82, 2.24) is 5.32 Å². The van der Waals surface area contributed by atoms with Gasteiger partial charge < -0.3 is 15.4 Å². The van der Waals surface area contributed by atoms with E-state index in [0.29, 0.717) is 11.3 Å². The number of amides is 2. The molecule has 0 heterocycles. The lowest BCUT2D eigenvalue weighted by Crippen LogP contribution is -2.39. The standard InChI is InChI=1S/C16H22N2O4/c1-10-6-7-11(14(20)22-5)8-12(10)18-13(19)9-17-15(21)16(2,3)4/h6-8H,9H2,1-5H3,(H,17,21)(H,18,19). The van der Waals surface area contributed by atoms with Gasteiger partial charge in [0, 0.05) is 11.1 Å². The highest BCUT2D eigenvalue weighted by Crippen LogP contribution is 2.17. The molecular formula is C16H22N2O4. The Morgan fingerprint density at radius 1 is 1.18 bits per heavy atom. The molecule has 0 aromatic heterocycles. The summed E-state index contributed by atoms with van der Waals surface area (Å²) in [6.45, 7) is 6.99. The van der Waals surface area contributed by atoms with Crippen LogP contribution >= 0.6 is 0 Å². The number of esters is 1. The van der Waals surface area contributed by atoms with Gasteiger partial charge in [-0.1, -0.05) is 26.8 Å². The summed E-state index contributed by atoms with van der Waals surface area (Å²) in [5.74, 6) is -1.04. The molecule has 0 saturated heterocycles. The van der Waals surface area contributed by atoms with Crippen LogP contribution in [0.15, 0.2) is 18.2 Å². The summed E-state index contributed by atoms with van der Waals surface area (Å²) >= 11 is 0. The van der Waals surface area contributed by atoms with Crippen molar-refractivity contribution in [2.45, 2.75) is 27.7 Å². The highest BCUT2D eigenvalue weighted by atomic mass is 16.5. The molecule has 2 N–H and O–H groups in total. The first-order chi connectivity index (χ1) is 10.1. The number of ether oxygens (including phenoxy) is 1. The molecule has 6 heteroatoms. The average Bonchev–Trinajstić information content (AvgIpc) is 2.45. The Hall–Kier alpha value is -2.37. The Kier molecular flexibility index (Phi) is 5.68. The molecule has 0 aliphatic rings. The van der Waals surface area contributed by atoms with Crippen LogP contribution in [0.4, 0.5) is 5.69 Å². The fraction of sp³-hybridized carbons (Fsp3) is 0.438. The first kappa shape index (κ1) is 17.7. The van der Waals surface area contributed by atoms with Crippen LogP contribution in [0.3, 0.4) is 0 Å². The zero-order valence-electron chi connectivity index (χ0n) is 13.6. The monoisotopic (exact) mass is 306 g/mol. The van der Waals surface area contributed by atoms with Crippen LogP contribution in [-0.2, 0) is 14.3 Å². The second-order valence-corrected chi connectivity index (χ2v) is 6.00. The largest absolute Gasteiger partial charge is 0.465 e. The molecule has 0 bridgehead atoms. The molecule has 0 atom stereocenters. The molecule has 0 spiro atoms. The van der Waals surface area contributed by atoms with Crippen molar-refractivity contribution >= 4 is 23.5 Å². The van der Waals surface area contributed by atoms with Crippen molar-refractivity contribution in [2.75, 3.05) is 19.0 Å². The van der Waals surface area contributed by atoms with Gasteiger partial charge in [-0.05, 0) is 24.6 Å². The molecule has 0 fully saturated rings. The third kappa shape index (κ3) is 4.87. The van der Waals surface area contributed by atoms with Crippen LogP contribution in [-0.4, -0.2) is 31.4 Å². The Bertz CT molecular complexity index is 588. The summed E-state index contributed by atoms with van der Waals surface area (Å²) in [5.41, 5.74) is 1.12. The third-order valence-corrected chi connectivity index (χ3v) is 3.02. The minimum atomic E-state index is -0.555. The van der Waals surface area contributed by atoms with E-state index in [-0.39, 0.29) is 18.4 Å². The lowest BCUT2D eigenvalue weighted by atomic mass is 9.96. The summed E-state index contributed by atoms with van der Waals surface area (Å²) in [5, 5.41) is 5.24. The van der Waals surface area contributed by atoms with Crippen LogP contribution in [0, 0.1) is 12.3 Å². The van der Waals surface area contributed by atoms with E-state index < -0.39 is 11.4 Å². The number of rotatable bonds is 4. The van der Waals surface area contributed by atoms with Gasteiger partial charge in [-0.25, -0.2) is 4.79 Å². The Morgan fingerprint density at radius 2 is 1.82 bits per heavy atom. The predicted molar refractivity (Wildman–Crippen MR) is 83.6 cm³/mol. The quantitative estimate of drug-likeness (QED) is 0.832. The molecule has 0 aliphatic heterocycles. The normalized spacial score (nSPS) is 10.8. The average molecular weight is 306 g/mol. The number of carbonyl (C=O) groups is 3. The van der Waals surface area contributed by atoms with Gasteiger partial charge in [0.2, 0.25) is 11.8 Å². The molecule has 0 unspecified atom stereocenters. The third-order valence-electron chi connectivity index (χ3n) is 3.02. The van der Waals surface area contributed by atoms with Gasteiger partial charge in [0.15, 0.2) is 0 Å². The van der Waals surface area contributed by atoms with Gasteiger partial charge in [0.25, 0.3) is 0 Å². The Labute approximate surface area is 130 Å². The Morgan fingerprint density at radius 3 is 2.36 bits per heavy atom. The number of methoxy groups -OCH3 is 1. The summed E-state index contributed by atoms with van der Waals surface area (Å²) in [6.07, 6.45) is 0. The molecule has 2 amide bonds. The van der Waals surface area contributed by atoms with E-state index in [4.69, 9.17) is 0 Å². The van der Waals surface area contributed by atoms with Gasteiger partial charge >= 0.3 is 5.97 Å². The fourth-order valence-electron chi connectivity index (χ4n) is 1.62. The summed E-state index contributed by atoms with van der Waals surface area (Å²) in [4.78, 5) is 35.1. The molecular weight excluding hydrogens is 284 g/mol. The van der Waals surface area contributed by atoms with E-state index in [0.717, 1.165) is 5.56 Å². The van der Waals surface area contributed by atoms with Crippen molar-refractivity contribution in [3.8, 4) is 0 Å². The van der Waals surface area contributed by atoms with Crippen molar-refractivity contribution in [3.05, 3.63) is 29.3 Å². The van der Waals surface area contributed by atoms with Crippen molar-refractivity contribution in [1.29, 1.82) is 0 Å². The number of benzene rings is 1. The maximum Gasteiger partial charge on any atom is 0.337 e. The molecule has 1 aromatic carbocycles. The van der Waals surface area contributed by atoms with Crippen LogP contribution < -0.4 is 10.6 Å². The van der Waals surface area contributed by atoms with Crippen molar-refractivity contribution in [2.24, 2.45) is 5.41 Å². The zero-order chi connectivity index (χ0) is 16.9. The number of anilines is 1. The van der Waals surface area contributed by atoms with E-state index in [1.165, 1.54) is 7.11 Å². The molecule has 6 nitrogen and oxygen atoms in total. The van der Waals surface area contributed by atoms with Gasteiger partial charge in [-0.3, -0.25) is 9.59 Å². The van der Waals surface area contributed by atoms with E-state index in [2.05, 4.69) is 15.4 Å². The van der Waals surface area contributed by atoms with Crippen LogP contribution in [0.2, 0.25) is 0 Å². The van der Waals surface area contributed by atoms with Gasteiger partial charge in [0.05, 0.1) is 19.2 Å². The maximum absolute atomic E-state index is 11.9. The minimum absolute atomic E-state index is 0.127. The first-order valence-electron chi connectivity index (χ1n) is 6.92. The minimum Gasteiger partial charge on any atom is -0.465 e. The summed E-state index contributed by atoms with van der Waals surface area (Å²) in [7, 11) is 1.29. The summed E-state index contributed by atoms with van der Waals surface area (Å²) in [6, 6.07) is 4.89. The SMILES string of the molecule is COC(=O)c1ccc(C)c(NC(=O)CNC(=O)C(C)(C)C)c1. The van der Waals surface area contributed by atoms with E-state index in [1.54, 1.807) is 39.0 Å². The second-order valence-electron chi connectivity index (χ2n) is 6.00. The molecule has 0 radical (unpaired) electrons. The zero-order valence-corrected chi connectivity index (χ0v) is 13.6. The number of hydrogen-bond donors (Lipinski definition) is 2. The molecule has 0 saturated carbocycles. The fourth-order valence-corrected chi connectivity index (χ4v) is 1.62. The number of aryl methyl sites for hydroxylation is 1. The van der Waals surface area contributed by atoms with Crippen LogP contribution in [0.25, 0.3) is 0 Å². The smallest absolute Gasteiger partial charge is 0.337 e. The van der Waals surface area contributed by atoms with Crippen LogP contribution in [0.5, 0.6) is 0 Å². The lowest BCUT2D eigenvalue weighted by molar-refractivity contribution is -0.130. The molecule has 1 aromatic rings. The predicted octanol–water partition coefficient (Wildman–Crippen LogP) is 1.88. The van der Waals surface area contributed by atoms with Gasteiger partial charge in [-0.2, -0.15) is 0 Å². The van der Waals surface area contributed by atoms with Crippen molar-refractivity contribution < 1.29 is 19.1 Å². The van der Waals surface area contributed by atoms with Crippen LogP contribution in [0.1, 0.15) is 36.7 Å². The summed E-state index contributed by atoms with van der Waals surface area (Å²) < 4.78 is 4.64.